The molecule has 1 aliphatic heterocycles. The van der Waals surface area contributed by atoms with Gasteiger partial charge in [0.05, 0.1) is 11.9 Å². The molecule has 20 heavy (non-hydrogen) atoms. The normalized spacial score (nSPS) is 20.2. The fraction of sp³-hybridized carbons (Fsp3) is 0.583. The number of hydrogen-bond donors (Lipinski definition) is 2. The zero-order chi connectivity index (χ0) is 15.0. The number of ether oxygens (including phenoxy) is 1. The van der Waals surface area contributed by atoms with Crippen molar-refractivity contribution >= 4 is 37.3 Å². The average Bonchev–Trinajstić information content (AvgIpc) is 2.38. The van der Waals surface area contributed by atoms with Crippen LogP contribution in [0.5, 0.6) is 0 Å². The number of amides is 2. The highest BCUT2D eigenvalue weighted by Gasteiger charge is 2.25. The minimum atomic E-state index is -0.704. The van der Waals surface area contributed by atoms with Gasteiger partial charge in [-0.25, -0.2) is 4.79 Å². The van der Waals surface area contributed by atoms with Crippen molar-refractivity contribution in [3.8, 4) is 0 Å². The Hall–Kier alpha value is -1.44. The molecule has 1 aliphatic rings. The van der Waals surface area contributed by atoms with E-state index >= 15 is 0 Å². The van der Waals surface area contributed by atoms with Crippen LogP contribution in [0.4, 0.5) is 4.79 Å². The monoisotopic (exact) mass is 296 g/mol. The quantitative estimate of drug-likeness (QED) is 0.408. The smallest absolute Gasteiger partial charge is 0.330 e. The summed E-state index contributed by atoms with van der Waals surface area (Å²) in [6, 6.07) is -0.488. The molecule has 2 atom stereocenters. The molecule has 0 aliphatic carbocycles. The number of thioether (sulfide) groups is 1. The van der Waals surface area contributed by atoms with Crippen LogP contribution in [0.25, 0.3) is 0 Å². The first-order valence-electron chi connectivity index (χ1n) is 6.33. The van der Waals surface area contributed by atoms with Crippen LogP contribution in [0.2, 0.25) is 0 Å². The lowest BCUT2D eigenvalue weighted by Gasteiger charge is -2.24. The number of rotatable bonds is 6. The van der Waals surface area contributed by atoms with Crippen molar-refractivity contribution < 1.29 is 19.1 Å². The fourth-order valence-corrected chi connectivity index (χ4v) is 2.81. The first kappa shape index (κ1) is 16.6. The maximum absolute atomic E-state index is 11.7. The first-order chi connectivity index (χ1) is 9.52. The standard InChI is InChI=1S/C12H17BN2O4S/c1-2-19-10(16)4-3-8(15-12(13)18)7-9-11(17)14-5-6-20-9/h3-4,8-9H,2,5-7H2,1H3,(H,14,17)(H,15,18). The summed E-state index contributed by atoms with van der Waals surface area (Å²) in [5.74, 6) is -0.447. The zero-order valence-electron chi connectivity index (χ0n) is 11.3. The Morgan fingerprint density at radius 2 is 2.40 bits per heavy atom. The lowest BCUT2D eigenvalue weighted by Crippen LogP contribution is -2.43. The largest absolute Gasteiger partial charge is 0.463 e. The summed E-state index contributed by atoms with van der Waals surface area (Å²) in [4.78, 5) is 33.9. The summed E-state index contributed by atoms with van der Waals surface area (Å²) in [7, 11) is 5.09. The van der Waals surface area contributed by atoms with Crippen molar-refractivity contribution in [1.82, 2.24) is 10.6 Å². The molecule has 8 heteroatoms. The molecule has 0 spiro atoms. The third-order valence-electron chi connectivity index (χ3n) is 2.56. The molecule has 0 aromatic carbocycles. The van der Waals surface area contributed by atoms with Crippen LogP contribution in [-0.2, 0) is 14.3 Å². The maximum atomic E-state index is 11.7. The molecule has 1 rings (SSSR count). The number of nitrogens with one attached hydrogen (secondary N) is 2. The van der Waals surface area contributed by atoms with Crippen LogP contribution in [0.15, 0.2) is 12.2 Å². The molecule has 0 aromatic heterocycles. The minimum absolute atomic E-state index is 0.0675. The van der Waals surface area contributed by atoms with Gasteiger partial charge >= 0.3 is 5.97 Å². The summed E-state index contributed by atoms with van der Waals surface area (Å²) in [5, 5.41) is 4.98. The Morgan fingerprint density at radius 1 is 1.65 bits per heavy atom. The molecular weight excluding hydrogens is 279 g/mol. The molecule has 108 valence electrons. The van der Waals surface area contributed by atoms with E-state index in [1.807, 2.05) is 0 Å². The molecule has 1 heterocycles. The Kier molecular flexibility index (Phi) is 7.21. The highest BCUT2D eigenvalue weighted by atomic mass is 32.2. The van der Waals surface area contributed by atoms with E-state index in [9.17, 15) is 14.4 Å². The predicted molar refractivity (Wildman–Crippen MR) is 77.7 cm³/mol. The number of carbonyl (C=O) groups is 3. The Balaban J connectivity index is 2.61. The Bertz CT molecular complexity index is 403. The van der Waals surface area contributed by atoms with Gasteiger partial charge in [0.2, 0.25) is 13.8 Å². The van der Waals surface area contributed by atoms with Gasteiger partial charge in [-0.05, 0) is 13.3 Å². The van der Waals surface area contributed by atoms with Gasteiger partial charge in [-0.2, -0.15) is 0 Å². The van der Waals surface area contributed by atoms with Crippen molar-refractivity contribution in [3.05, 3.63) is 12.2 Å². The summed E-state index contributed by atoms with van der Waals surface area (Å²) in [5.41, 5.74) is 0. The molecule has 2 unspecified atom stereocenters. The Morgan fingerprint density at radius 3 is 3.00 bits per heavy atom. The van der Waals surface area contributed by atoms with Crippen LogP contribution < -0.4 is 10.6 Å². The second kappa shape index (κ2) is 8.68. The van der Waals surface area contributed by atoms with Crippen LogP contribution >= 0.6 is 11.8 Å². The minimum Gasteiger partial charge on any atom is -0.463 e. The van der Waals surface area contributed by atoms with E-state index in [0.717, 1.165) is 5.75 Å². The molecule has 2 radical (unpaired) electrons. The van der Waals surface area contributed by atoms with Crippen molar-refractivity contribution in [2.45, 2.75) is 24.6 Å². The lowest BCUT2D eigenvalue weighted by atomic mass is 10.1. The van der Waals surface area contributed by atoms with Gasteiger partial charge in [0.1, 0.15) is 0 Å². The Labute approximate surface area is 123 Å². The van der Waals surface area contributed by atoms with Gasteiger partial charge in [-0.15, -0.1) is 11.8 Å². The van der Waals surface area contributed by atoms with E-state index in [4.69, 9.17) is 12.6 Å². The number of hydrogen-bond acceptors (Lipinski definition) is 5. The van der Waals surface area contributed by atoms with Gasteiger partial charge in [-0.3, -0.25) is 9.59 Å². The van der Waals surface area contributed by atoms with Crippen LogP contribution in [0, 0.1) is 0 Å². The molecule has 0 saturated carbocycles. The first-order valence-corrected chi connectivity index (χ1v) is 7.38. The van der Waals surface area contributed by atoms with E-state index in [2.05, 4.69) is 10.6 Å². The second-order valence-electron chi connectivity index (χ2n) is 4.11. The average molecular weight is 296 g/mol. The third-order valence-corrected chi connectivity index (χ3v) is 3.81. The second-order valence-corrected chi connectivity index (χ2v) is 5.42. The highest BCUT2D eigenvalue weighted by Crippen LogP contribution is 2.20. The third kappa shape index (κ3) is 6.14. The summed E-state index contributed by atoms with van der Waals surface area (Å²) in [6.07, 6.45) is 3.09. The van der Waals surface area contributed by atoms with Crippen LogP contribution in [0.1, 0.15) is 13.3 Å². The SMILES string of the molecule is [B]C(=O)NC(C=CC(=O)OCC)CC1SCCNC1=O. The van der Waals surface area contributed by atoms with E-state index in [1.54, 1.807) is 6.92 Å². The molecule has 2 amide bonds. The molecule has 1 fully saturated rings. The van der Waals surface area contributed by atoms with E-state index in [-0.39, 0.29) is 17.8 Å². The van der Waals surface area contributed by atoms with Crippen molar-refractivity contribution in [3.63, 3.8) is 0 Å². The lowest BCUT2D eigenvalue weighted by molar-refractivity contribution is -0.137. The van der Waals surface area contributed by atoms with Gasteiger partial charge < -0.3 is 15.4 Å². The van der Waals surface area contributed by atoms with Crippen molar-refractivity contribution in [1.29, 1.82) is 0 Å². The summed E-state index contributed by atoms with van der Waals surface area (Å²) < 4.78 is 4.75. The zero-order valence-corrected chi connectivity index (χ0v) is 12.1. The topological polar surface area (TPSA) is 84.5 Å². The number of esters is 1. The highest BCUT2D eigenvalue weighted by molar-refractivity contribution is 8.00. The van der Waals surface area contributed by atoms with Gasteiger partial charge in [0.25, 0.3) is 0 Å². The molecule has 0 bridgehead atoms. The fourth-order valence-electron chi connectivity index (χ4n) is 1.72. The van der Waals surface area contributed by atoms with E-state index in [0.29, 0.717) is 13.0 Å². The van der Waals surface area contributed by atoms with Gasteiger partial charge in [0.15, 0.2) is 5.81 Å². The van der Waals surface area contributed by atoms with Crippen LogP contribution in [0.3, 0.4) is 0 Å². The summed E-state index contributed by atoms with van der Waals surface area (Å²) >= 11 is 1.52. The molecule has 0 aromatic rings. The number of carbonyl (C=O) groups excluding carboxylic acids is 3. The summed E-state index contributed by atoms with van der Waals surface area (Å²) in [6.45, 7) is 2.62. The predicted octanol–water partition coefficient (Wildman–Crippen LogP) is -0.0259. The van der Waals surface area contributed by atoms with E-state index < -0.39 is 17.8 Å². The van der Waals surface area contributed by atoms with Crippen molar-refractivity contribution in [2.75, 3.05) is 18.9 Å². The molecule has 1 saturated heterocycles. The van der Waals surface area contributed by atoms with Gasteiger partial charge in [0, 0.05) is 24.4 Å². The molecule has 6 nitrogen and oxygen atoms in total. The van der Waals surface area contributed by atoms with Gasteiger partial charge in [-0.1, -0.05) is 6.08 Å². The van der Waals surface area contributed by atoms with Crippen molar-refractivity contribution in [2.24, 2.45) is 0 Å². The molecular formula is C12H17BN2O4S. The van der Waals surface area contributed by atoms with E-state index in [1.165, 1.54) is 23.9 Å². The van der Waals surface area contributed by atoms with Crippen LogP contribution in [-0.4, -0.2) is 55.7 Å². The maximum Gasteiger partial charge on any atom is 0.330 e. The molecule has 2 N–H and O–H groups in total.